The molecule has 0 radical (unpaired) electrons. The van der Waals surface area contributed by atoms with Gasteiger partial charge in [-0.2, -0.15) is 0 Å². The highest BCUT2D eigenvalue weighted by Gasteiger charge is 2.47. The molecule has 0 heterocycles. The van der Waals surface area contributed by atoms with Gasteiger partial charge in [0.25, 0.3) is 0 Å². The fourth-order valence-electron chi connectivity index (χ4n) is 3.80. The van der Waals surface area contributed by atoms with E-state index in [-0.39, 0.29) is 0 Å². The lowest BCUT2D eigenvalue weighted by molar-refractivity contribution is -0.00188. The summed E-state index contributed by atoms with van der Waals surface area (Å²) >= 11 is 0. The lowest BCUT2D eigenvalue weighted by Gasteiger charge is -2.50. The average molecular weight is 180 g/mol. The Morgan fingerprint density at radius 3 is 2.77 bits per heavy atom. The van der Waals surface area contributed by atoms with E-state index in [0.29, 0.717) is 0 Å². The van der Waals surface area contributed by atoms with Gasteiger partial charge in [0.15, 0.2) is 0 Å². The van der Waals surface area contributed by atoms with Crippen LogP contribution in [0.4, 0.5) is 0 Å². The summed E-state index contributed by atoms with van der Waals surface area (Å²) in [6.45, 7) is 4.84. The molecule has 0 aliphatic heterocycles. The number of hydrogen-bond acceptors (Lipinski definition) is 0. The topological polar surface area (TPSA) is 0 Å². The van der Waals surface area contributed by atoms with E-state index in [1.54, 1.807) is 25.7 Å². The first-order chi connectivity index (χ1) is 6.27. The maximum absolute atomic E-state index is 2.50. The third-order valence-electron chi connectivity index (χ3n) is 4.69. The normalized spacial score (nSPS) is 40.6. The molecule has 0 nitrogen and oxygen atoms in total. The van der Waals surface area contributed by atoms with Crippen molar-refractivity contribution in [1.29, 1.82) is 0 Å². The SMILES string of the molecule is CCCC(C)C12CCCCC(C1)C2. The number of hydrogen-bond donors (Lipinski definition) is 0. The van der Waals surface area contributed by atoms with E-state index in [4.69, 9.17) is 0 Å². The Balaban J connectivity index is 1.96. The summed E-state index contributed by atoms with van der Waals surface area (Å²) in [5, 5.41) is 0. The first-order valence-electron chi connectivity index (χ1n) is 6.27. The van der Waals surface area contributed by atoms with Crippen molar-refractivity contribution < 1.29 is 0 Å². The van der Waals surface area contributed by atoms with Crippen molar-refractivity contribution in [2.75, 3.05) is 0 Å². The standard InChI is InChI=1S/C13H24/c1-3-6-11(2)13-8-5-4-7-12(9-13)10-13/h11-12H,3-10H2,1-2H3. The lowest BCUT2D eigenvalue weighted by Crippen LogP contribution is -2.40. The van der Waals surface area contributed by atoms with E-state index in [1.807, 2.05) is 0 Å². The van der Waals surface area contributed by atoms with Crippen LogP contribution in [0.15, 0.2) is 0 Å². The van der Waals surface area contributed by atoms with Gasteiger partial charge in [0.2, 0.25) is 0 Å². The average Bonchev–Trinajstić information content (AvgIpc) is 2.34. The molecular formula is C13H24. The monoisotopic (exact) mass is 180 g/mol. The number of fused-ring (bicyclic) bond motifs is 3. The van der Waals surface area contributed by atoms with Gasteiger partial charge in [-0.3, -0.25) is 0 Å². The molecule has 3 rings (SSSR count). The van der Waals surface area contributed by atoms with E-state index >= 15 is 0 Å². The van der Waals surface area contributed by atoms with Crippen molar-refractivity contribution in [3.8, 4) is 0 Å². The Bertz CT molecular complexity index is 159. The van der Waals surface area contributed by atoms with E-state index in [0.717, 1.165) is 17.3 Å². The molecular weight excluding hydrogens is 156 g/mol. The zero-order chi connectivity index (χ0) is 9.31. The third kappa shape index (κ3) is 1.65. The van der Waals surface area contributed by atoms with Crippen molar-refractivity contribution >= 4 is 0 Å². The maximum Gasteiger partial charge on any atom is -0.0267 e. The largest absolute Gasteiger partial charge is 0.0654 e. The Labute approximate surface area is 83.1 Å². The molecule has 3 aliphatic carbocycles. The molecule has 0 spiro atoms. The summed E-state index contributed by atoms with van der Waals surface area (Å²) < 4.78 is 0. The van der Waals surface area contributed by atoms with E-state index in [9.17, 15) is 0 Å². The summed E-state index contributed by atoms with van der Waals surface area (Å²) in [4.78, 5) is 0. The molecule has 1 unspecified atom stereocenters. The maximum atomic E-state index is 2.50. The summed E-state index contributed by atoms with van der Waals surface area (Å²) in [6, 6.07) is 0. The van der Waals surface area contributed by atoms with Crippen LogP contribution in [0.2, 0.25) is 0 Å². The summed E-state index contributed by atoms with van der Waals surface area (Å²) in [6.07, 6.45) is 12.1. The molecule has 3 saturated carbocycles. The highest BCUT2D eigenvalue weighted by atomic mass is 14.5. The molecule has 0 heteroatoms. The van der Waals surface area contributed by atoms with Crippen LogP contribution in [0.1, 0.15) is 65.2 Å². The fourth-order valence-corrected chi connectivity index (χ4v) is 3.80. The van der Waals surface area contributed by atoms with Crippen molar-refractivity contribution in [2.24, 2.45) is 17.3 Å². The minimum atomic E-state index is 0.817. The van der Waals surface area contributed by atoms with Crippen LogP contribution in [-0.4, -0.2) is 0 Å². The van der Waals surface area contributed by atoms with Gasteiger partial charge in [-0.25, -0.2) is 0 Å². The Morgan fingerprint density at radius 2 is 2.08 bits per heavy atom. The van der Waals surface area contributed by atoms with E-state index in [2.05, 4.69) is 13.8 Å². The predicted octanol–water partition coefficient (Wildman–Crippen LogP) is 4.39. The zero-order valence-electron chi connectivity index (χ0n) is 9.31. The number of rotatable bonds is 3. The van der Waals surface area contributed by atoms with Gasteiger partial charge >= 0.3 is 0 Å². The summed E-state index contributed by atoms with van der Waals surface area (Å²) in [5.74, 6) is 2.13. The van der Waals surface area contributed by atoms with Crippen LogP contribution < -0.4 is 0 Å². The summed E-state index contributed by atoms with van der Waals surface area (Å²) in [7, 11) is 0. The van der Waals surface area contributed by atoms with Gasteiger partial charge in [-0.05, 0) is 36.5 Å². The minimum Gasteiger partial charge on any atom is -0.0654 e. The Hall–Kier alpha value is 0. The molecule has 13 heavy (non-hydrogen) atoms. The van der Waals surface area contributed by atoms with Gasteiger partial charge in [-0.15, -0.1) is 0 Å². The molecule has 2 bridgehead atoms. The fraction of sp³-hybridized carbons (Fsp3) is 1.00. The Kier molecular flexibility index (Phi) is 2.67. The van der Waals surface area contributed by atoms with Crippen LogP contribution in [0, 0.1) is 17.3 Å². The molecule has 0 aromatic heterocycles. The lowest BCUT2D eigenvalue weighted by atomic mass is 9.55. The summed E-state index contributed by atoms with van der Waals surface area (Å²) in [5.41, 5.74) is 0.817. The first kappa shape index (κ1) is 9.55. The molecule has 76 valence electrons. The van der Waals surface area contributed by atoms with Gasteiger partial charge in [0, 0.05) is 0 Å². The van der Waals surface area contributed by atoms with Crippen LogP contribution in [0.5, 0.6) is 0 Å². The Morgan fingerprint density at radius 1 is 1.31 bits per heavy atom. The quantitative estimate of drug-likeness (QED) is 0.604. The highest BCUT2D eigenvalue weighted by Crippen LogP contribution is 2.58. The zero-order valence-corrected chi connectivity index (χ0v) is 9.31. The van der Waals surface area contributed by atoms with Gasteiger partial charge in [-0.1, -0.05) is 46.0 Å². The second-order valence-corrected chi connectivity index (χ2v) is 5.57. The third-order valence-corrected chi connectivity index (χ3v) is 4.69. The second-order valence-electron chi connectivity index (χ2n) is 5.57. The minimum absolute atomic E-state index is 0.817. The molecule has 0 amide bonds. The van der Waals surface area contributed by atoms with E-state index in [1.165, 1.54) is 25.7 Å². The molecule has 0 N–H and O–H groups in total. The van der Waals surface area contributed by atoms with Gasteiger partial charge in [0.05, 0.1) is 0 Å². The van der Waals surface area contributed by atoms with Crippen molar-refractivity contribution in [1.82, 2.24) is 0 Å². The van der Waals surface area contributed by atoms with Crippen LogP contribution >= 0.6 is 0 Å². The molecule has 0 aromatic carbocycles. The molecule has 0 aromatic rings. The second kappa shape index (κ2) is 3.63. The highest BCUT2D eigenvalue weighted by molar-refractivity contribution is 4.98. The van der Waals surface area contributed by atoms with Crippen LogP contribution in [-0.2, 0) is 0 Å². The first-order valence-corrected chi connectivity index (χ1v) is 6.27. The van der Waals surface area contributed by atoms with Gasteiger partial charge in [0.1, 0.15) is 0 Å². The van der Waals surface area contributed by atoms with Gasteiger partial charge < -0.3 is 0 Å². The molecule has 3 fully saturated rings. The molecule has 3 aliphatic rings. The molecule has 1 atom stereocenters. The van der Waals surface area contributed by atoms with Crippen LogP contribution in [0.25, 0.3) is 0 Å². The molecule has 0 saturated heterocycles. The van der Waals surface area contributed by atoms with E-state index < -0.39 is 0 Å². The predicted molar refractivity (Wildman–Crippen MR) is 57.7 cm³/mol. The van der Waals surface area contributed by atoms with Crippen LogP contribution in [0.3, 0.4) is 0 Å². The van der Waals surface area contributed by atoms with Crippen molar-refractivity contribution in [2.45, 2.75) is 65.2 Å². The van der Waals surface area contributed by atoms with Crippen molar-refractivity contribution in [3.63, 3.8) is 0 Å². The smallest absolute Gasteiger partial charge is 0.0267 e. The van der Waals surface area contributed by atoms with Crippen molar-refractivity contribution in [3.05, 3.63) is 0 Å².